The minimum Gasteiger partial charge on any atom is -0.378 e. The highest BCUT2D eigenvalue weighted by Crippen LogP contribution is 2.22. The molecule has 0 atom stereocenters. The summed E-state index contributed by atoms with van der Waals surface area (Å²) in [5, 5.41) is 3.00. The fourth-order valence-electron chi connectivity index (χ4n) is 3.52. The first-order valence-electron chi connectivity index (χ1n) is 9.88. The van der Waals surface area contributed by atoms with Gasteiger partial charge in [-0.3, -0.25) is 9.20 Å². The molecule has 4 aromatic rings. The number of nitrogens with zero attached hydrogens (tertiary/aromatic N) is 5. The first kappa shape index (κ1) is 19.1. The Morgan fingerprint density at radius 1 is 1.10 bits per heavy atom. The first-order valence-corrected chi connectivity index (χ1v) is 9.88. The largest absolute Gasteiger partial charge is 0.378 e. The summed E-state index contributed by atoms with van der Waals surface area (Å²) in [7, 11) is 0. The SMILES string of the molecule is O=C(c1ccc(Nc2nccc(-c3cnc4ccccn34)n2)cc1F)N1CCOCC1. The van der Waals surface area contributed by atoms with E-state index in [4.69, 9.17) is 4.74 Å². The average molecular weight is 418 g/mol. The molecule has 0 bridgehead atoms. The third-order valence-electron chi connectivity index (χ3n) is 5.09. The molecule has 1 aliphatic rings. The van der Waals surface area contributed by atoms with E-state index in [1.54, 1.807) is 29.4 Å². The van der Waals surface area contributed by atoms with Crippen molar-refractivity contribution in [2.24, 2.45) is 0 Å². The van der Waals surface area contributed by atoms with Crippen LogP contribution in [0.1, 0.15) is 10.4 Å². The van der Waals surface area contributed by atoms with Crippen LogP contribution in [0, 0.1) is 5.82 Å². The van der Waals surface area contributed by atoms with Gasteiger partial charge in [0.25, 0.3) is 5.91 Å². The van der Waals surface area contributed by atoms with Crippen molar-refractivity contribution in [1.29, 1.82) is 0 Å². The Balaban J connectivity index is 1.37. The van der Waals surface area contributed by atoms with Crippen LogP contribution in [0.5, 0.6) is 0 Å². The van der Waals surface area contributed by atoms with Crippen LogP contribution in [0.25, 0.3) is 17.0 Å². The minimum absolute atomic E-state index is 0.0350. The van der Waals surface area contributed by atoms with Crippen molar-refractivity contribution in [2.45, 2.75) is 0 Å². The summed E-state index contributed by atoms with van der Waals surface area (Å²) in [5.41, 5.74) is 2.79. The second-order valence-electron chi connectivity index (χ2n) is 7.06. The predicted molar refractivity (Wildman–Crippen MR) is 113 cm³/mol. The molecule has 9 heteroatoms. The molecule has 31 heavy (non-hydrogen) atoms. The van der Waals surface area contributed by atoms with E-state index in [9.17, 15) is 9.18 Å². The Bertz CT molecular complexity index is 1250. The number of fused-ring (bicyclic) bond motifs is 1. The van der Waals surface area contributed by atoms with Gasteiger partial charge in [0.2, 0.25) is 5.95 Å². The number of anilines is 2. The van der Waals surface area contributed by atoms with Crippen LogP contribution in [-0.4, -0.2) is 56.5 Å². The van der Waals surface area contributed by atoms with Gasteiger partial charge in [0.15, 0.2) is 0 Å². The first-order chi connectivity index (χ1) is 15.2. The number of nitrogens with one attached hydrogen (secondary N) is 1. The van der Waals surface area contributed by atoms with Crippen molar-refractivity contribution >= 4 is 23.2 Å². The third-order valence-corrected chi connectivity index (χ3v) is 5.09. The molecular weight excluding hydrogens is 399 g/mol. The lowest BCUT2D eigenvalue weighted by molar-refractivity contribution is 0.0300. The molecule has 1 fully saturated rings. The summed E-state index contributed by atoms with van der Waals surface area (Å²) in [6.07, 6.45) is 5.28. The normalized spacial score (nSPS) is 14.0. The van der Waals surface area contributed by atoms with E-state index < -0.39 is 5.82 Å². The molecule has 0 spiro atoms. The topological polar surface area (TPSA) is 84.7 Å². The predicted octanol–water partition coefficient (Wildman–Crippen LogP) is 3.15. The molecule has 4 heterocycles. The summed E-state index contributed by atoms with van der Waals surface area (Å²) >= 11 is 0. The van der Waals surface area contributed by atoms with Crippen LogP contribution >= 0.6 is 0 Å². The molecule has 0 unspecified atom stereocenters. The summed E-state index contributed by atoms with van der Waals surface area (Å²) in [4.78, 5) is 27.3. The molecule has 1 aromatic carbocycles. The Morgan fingerprint density at radius 2 is 1.97 bits per heavy atom. The Kier molecular flexibility index (Phi) is 5.01. The van der Waals surface area contributed by atoms with Gasteiger partial charge in [-0.25, -0.2) is 19.3 Å². The number of pyridine rings is 1. The van der Waals surface area contributed by atoms with Crippen LogP contribution < -0.4 is 5.32 Å². The fourth-order valence-corrected chi connectivity index (χ4v) is 3.52. The number of hydrogen-bond acceptors (Lipinski definition) is 6. The number of rotatable bonds is 4. The van der Waals surface area contributed by atoms with Crippen molar-refractivity contribution in [2.75, 3.05) is 31.6 Å². The molecule has 1 amide bonds. The number of carbonyl (C=O) groups excluding carboxylic acids is 1. The van der Waals surface area contributed by atoms with E-state index in [1.165, 1.54) is 12.1 Å². The molecule has 0 radical (unpaired) electrons. The third kappa shape index (κ3) is 3.82. The van der Waals surface area contributed by atoms with Gasteiger partial charge < -0.3 is 15.0 Å². The Morgan fingerprint density at radius 3 is 2.81 bits per heavy atom. The van der Waals surface area contributed by atoms with Gasteiger partial charge in [0, 0.05) is 31.2 Å². The van der Waals surface area contributed by atoms with Gasteiger partial charge in [-0.1, -0.05) is 6.07 Å². The highest BCUT2D eigenvalue weighted by atomic mass is 19.1. The average Bonchev–Trinajstić information content (AvgIpc) is 3.24. The van der Waals surface area contributed by atoms with E-state index in [1.807, 2.05) is 28.8 Å². The van der Waals surface area contributed by atoms with Crippen molar-refractivity contribution in [3.05, 3.63) is 72.4 Å². The Labute approximate surface area is 177 Å². The number of hydrogen-bond donors (Lipinski definition) is 1. The molecule has 156 valence electrons. The van der Waals surface area contributed by atoms with Gasteiger partial charge in [-0.2, -0.15) is 0 Å². The number of morpholine rings is 1. The summed E-state index contributed by atoms with van der Waals surface area (Å²) in [6, 6.07) is 11.9. The molecule has 1 saturated heterocycles. The van der Waals surface area contributed by atoms with Crippen molar-refractivity contribution in [1.82, 2.24) is 24.3 Å². The maximum atomic E-state index is 14.7. The van der Waals surface area contributed by atoms with E-state index >= 15 is 0 Å². The molecule has 5 rings (SSSR count). The molecular formula is C22H19FN6O2. The molecule has 3 aromatic heterocycles. The zero-order chi connectivity index (χ0) is 21.2. The second-order valence-corrected chi connectivity index (χ2v) is 7.06. The zero-order valence-corrected chi connectivity index (χ0v) is 16.5. The lowest BCUT2D eigenvalue weighted by atomic mass is 10.1. The highest BCUT2D eigenvalue weighted by molar-refractivity contribution is 5.95. The summed E-state index contributed by atoms with van der Waals surface area (Å²) in [6.45, 7) is 1.85. The quantitative estimate of drug-likeness (QED) is 0.548. The number of aromatic nitrogens is 4. The standard InChI is InChI=1S/C22H19FN6O2/c23-17-13-15(4-5-16(17)21(30)28-9-11-31-12-10-28)26-22-24-7-6-18(27-22)19-14-25-20-3-1-2-8-29(19)20/h1-8,13-14H,9-12H2,(H,24,26,27). The number of carbonyl (C=O) groups is 1. The lowest BCUT2D eigenvalue weighted by Crippen LogP contribution is -2.41. The van der Waals surface area contributed by atoms with Gasteiger partial charge in [0.1, 0.15) is 11.5 Å². The maximum absolute atomic E-state index is 14.7. The van der Waals surface area contributed by atoms with Gasteiger partial charge >= 0.3 is 0 Å². The number of halogens is 1. The van der Waals surface area contributed by atoms with Crippen molar-refractivity contribution in [3.8, 4) is 11.4 Å². The van der Waals surface area contributed by atoms with Crippen LogP contribution in [-0.2, 0) is 4.74 Å². The number of amides is 1. The van der Waals surface area contributed by atoms with E-state index in [0.717, 1.165) is 11.3 Å². The van der Waals surface area contributed by atoms with E-state index in [-0.39, 0.29) is 11.5 Å². The van der Waals surface area contributed by atoms with Crippen molar-refractivity contribution < 1.29 is 13.9 Å². The minimum atomic E-state index is -0.598. The fraction of sp³-hybridized carbons (Fsp3) is 0.182. The molecule has 1 aliphatic heterocycles. The van der Waals surface area contributed by atoms with Gasteiger partial charge in [-0.15, -0.1) is 0 Å². The zero-order valence-electron chi connectivity index (χ0n) is 16.5. The molecule has 8 nitrogen and oxygen atoms in total. The van der Waals surface area contributed by atoms with Crippen molar-refractivity contribution in [3.63, 3.8) is 0 Å². The van der Waals surface area contributed by atoms with Crippen LogP contribution in [0.15, 0.2) is 61.1 Å². The smallest absolute Gasteiger partial charge is 0.256 e. The number of imidazole rings is 1. The molecule has 0 saturated carbocycles. The summed E-state index contributed by atoms with van der Waals surface area (Å²) < 4.78 is 21.8. The van der Waals surface area contributed by atoms with Crippen LogP contribution in [0.4, 0.5) is 16.0 Å². The van der Waals surface area contributed by atoms with E-state index in [2.05, 4.69) is 20.3 Å². The number of ether oxygens (including phenoxy) is 1. The summed E-state index contributed by atoms with van der Waals surface area (Å²) in [5.74, 6) is -0.618. The monoisotopic (exact) mass is 418 g/mol. The Hall–Kier alpha value is -3.85. The molecule has 0 aliphatic carbocycles. The molecule has 1 N–H and O–H groups in total. The van der Waals surface area contributed by atoms with Crippen LogP contribution in [0.2, 0.25) is 0 Å². The van der Waals surface area contributed by atoms with Gasteiger partial charge in [-0.05, 0) is 36.4 Å². The number of benzene rings is 1. The van der Waals surface area contributed by atoms with Crippen LogP contribution in [0.3, 0.4) is 0 Å². The van der Waals surface area contributed by atoms with E-state index in [0.29, 0.717) is 43.6 Å². The second kappa shape index (κ2) is 8.11. The highest BCUT2D eigenvalue weighted by Gasteiger charge is 2.21. The van der Waals surface area contributed by atoms with Gasteiger partial charge in [0.05, 0.1) is 36.4 Å². The maximum Gasteiger partial charge on any atom is 0.256 e. The lowest BCUT2D eigenvalue weighted by Gasteiger charge is -2.27.